The van der Waals surface area contributed by atoms with Gasteiger partial charge in [0.25, 0.3) is 11.9 Å². The Kier molecular flexibility index (Phi) is 16.8. The van der Waals surface area contributed by atoms with Crippen molar-refractivity contribution in [2.24, 2.45) is 0 Å². The van der Waals surface area contributed by atoms with Crippen LogP contribution in [0.15, 0.2) is 279 Å². The van der Waals surface area contributed by atoms with E-state index in [4.69, 9.17) is 39.2 Å². The SMILES string of the molecule is CC(=O)O.CC(=O)O.[Pd+2].[Pd].[c-]1c(Oc2[c-]c3c(cc2)c2ccccc2n3-c2ccccn2)ccc2c1c1nc3ccccc3n1c1cc3ccccc3cc21.c1ccc(-n2c3ccccc3c3ccc(Oc4ccc5c6cc7ccccc7cc6n6c7ccccc7nc6c5c4)cc32)nc1. The van der Waals surface area contributed by atoms with E-state index >= 15 is 0 Å². The van der Waals surface area contributed by atoms with Gasteiger partial charge in [-0.3, -0.25) is 23.5 Å². The molecule has 0 radical (unpaired) electrons. The number of ether oxygens (including phenoxy) is 2. The summed E-state index contributed by atoms with van der Waals surface area (Å²) in [5, 5.41) is 30.8. The summed E-state index contributed by atoms with van der Waals surface area (Å²) in [7, 11) is 0. The van der Waals surface area contributed by atoms with E-state index in [1.165, 1.54) is 32.3 Å². The summed E-state index contributed by atoms with van der Waals surface area (Å²) in [5.41, 5.74) is 12.3. The molecule has 8 aromatic heterocycles. The zero-order valence-electron chi connectivity index (χ0n) is 53.3. The molecule has 14 nitrogen and oxygen atoms in total. The van der Waals surface area contributed by atoms with E-state index in [9.17, 15) is 0 Å². The monoisotopic (exact) mass is 1480 g/mol. The summed E-state index contributed by atoms with van der Waals surface area (Å²) in [5.74, 6) is 2.78. The van der Waals surface area contributed by atoms with E-state index < -0.39 is 11.9 Å². The first kappa shape index (κ1) is 63.9. The predicted molar refractivity (Wildman–Crippen MR) is 392 cm³/mol. The number of carbonyl (C=O) groups is 2. The van der Waals surface area contributed by atoms with Gasteiger partial charge < -0.3 is 28.7 Å². The molecule has 0 amide bonds. The van der Waals surface area contributed by atoms with Crippen molar-refractivity contribution in [1.29, 1.82) is 0 Å². The number of pyridine rings is 4. The first-order valence-corrected chi connectivity index (χ1v) is 31.9. The fraction of sp³-hybridized carbons (Fsp3) is 0.0238. The average molecular weight is 1480 g/mol. The van der Waals surface area contributed by atoms with Gasteiger partial charge in [-0.1, -0.05) is 150 Å². The number of aliphatic carboxylic acids is 2. The Bertz CT molecular complexity index is 6220. The van der Waals surface area contributed by atoms with Crippen LogP contribution >= 0.6 is 0 Å². The Labute approximate surface area is 597 Å². The molecule has 12 aromatic carbocycles. The minimum absolute atomic E-state index is 0. The van der Waals surface area contributed by atoms with Crippen molar-refractivity contribution in [3.8, 4) is 34.6 Å². The molecular weight excluding hydrogens is 1430 g/mol. The standard InChI is InChI=1S/C40H24N4O.C40H22N4O.2C2H4O2.2Pd/c2*1-2-10-26-22-37-32(21-25(26)9-1)29-18-16-27(23-33(29)40-42-34-12-4-6-14-36(34)44(37)40)45-28-17-19-31-30-11-3-5-13-35(30)43(38(31)24-28)39-15-7-8-20-41-39;2*1-2(3)4;;/h1-24H;1-22H;2*1H3,(H,3,4);;/q;-2;;;;+2. The van der Waals surface area contributed by atoms with E-state index in [0.717, 1.165) is 147 Å². The molecule has 0 aliphatic heterocycles. The van der Waals surface area contributed by atoms with Gasteiger partial charge in [0, 0.05) is 96.8 Å². The fourth-order valence-electron chi connectivity index (χ4n) is 13.7. The Morgan fingerprint density at radius 3 is 1.38 bits per heavy atom. The summed E-state index contributed by atoms with van der Waals surface area (Å²) in [6.45, 7) is 2.17. The molecule has 0 aliphatic rings. The number of benzene rings is 12. The van der Waals surface area contributed by atoms with E-state index in [2.05, 4.69) is 240 Å². The first-order valence-electron chi connectivity index (χ1n) is 31.9. The van der Waals surface area contributed by atoms with Crippen molar-refractivity contribution in [2.45, 2.75) is 13.8 Å². The summed E-state index contributed by atoms with van der Waals surface area (Å²) in [6, 6.07) is 99.5. The topological polar surface area (TPSA) is 163 Å². The number of rotatable bonds is 6. The quantitative estimate of drug-likeness (QED) is 0.0709. The summed E-state index contributed by atoms with van der Waals surface area (Å²) < 4.78 is 22.0. The van der Waals surface area contributed by atoms with Crippen LogP contribution in [0.3, 0.4) is 0 Å². The van der Waals surface area contributed by atoms with Crippen LogP contribution in [-0.4, -0.2) is 60.0 Å². The number of nitrogens with zero attached hydrogens (tertiary/aromatic N) is 8. The van der Waals surface area contributed by atoms with Gasteiger partial charge in [-0.05, 0) is 147 Å². The van der Waals surface area contributed by atoms with Crippen molar-refractivity contribution in [1.82, 2.24) is 37.9 Å². The Morgan fingerprint density at radius 2 is 0.790 bits per heavy atom. The van der Waals surface area contributed by atoms with E-state index in [1.54, 1.807) is 0 Å². The number of fused-ring (bicyclic) bond motifs is 24. The number of aromatic nitrogens is 8. The van der Waals surface area contributed by atoms with Gasteiger partial charge in [0.1, 0.15) is 28.8 Å². The fourth-order valence-corrected chi connectivity index (χ4v) is 13.7. The molecule has 16 heteroatoms. The van der Waals surface area contributed by atoms with E-state index in [-0.39, 0.29) is 40.8 Å². The summed E-state index contributed by atoms with van der Waals surface area (Å²) in [4.78, 5) is 37.5. The molecule has 0 spiro atoms. The van der Waals surface area contributed by atoms with Gasteiger partial charge in [-0.15, -0.1) is 29.7 Å². The number of carboxylic acid groups (broad SMARTS) is 2. The number of imidazole rings is 2. The molecule has 20 rings (SSSR count). The van der Waals surface area contributed by atoms with Gasteiger partial charge in [0.15, 0.2) is 0 Å². The molecule has 0 unspecified atom stereocenters. The van der Waals surface area contributed by atoms with Crippen LogP contribution in [0.1, 0.15) is 13.8 Å². The van der Waals surface area contributed by atoms with Crippen molar-refractivity contribution < 1.29 is 70.1 Å². The molecule has 0 saturated heterocycles. The second kappa shape index (κ2) is 26.4. The van der Waals surface area contributed by atoms with Crippen molar-refractivity contribution in [3.63, 3.8) is 0 Å². The summed E-state index contributed by atoms with van der Waals surface area (Å²) in [6.07, 6.45) is 3.64. The zero-order valence-corrected chi connectivity index (χ0v) is 56.4. The third-order valence-electron chi connectivity index (χ3n) is 17.7. The Hall–Kier alpha value is -12.1. The van der Waals surface area contributed by atoms with E-state index in [0.29, 0.717) is 11.5 Å². The van der Waals surface area contributed by atoms with Crippen LogP contribution < -0.4 is 9.47 Å². The molecule has 0 fully saturated rings. The largest absolute Gasteiger partial charge is 2.00 e. The zero-order chi connectivity index (χ0) is 66.1. The number of hydrogen-bond donors (Lipinski definition) is 2. The molecular formula is C84H54N8O6Pd2. The van der Waals surface area contributed by atoms with Gasteiger partial charge in [0.2, 0.25) is 0 Å². The molecule has 0 aliphatic carbocycles. The molecule has 8 heterocycles. The van der Waals surface area contributed by atoms with E-state index in [1.807, 2.05) is 79.1 Å². The van der Waals surface area contributed by atoms with Crippen LogP contribution in [0.25, 0.3) is 154 Å². The van der Waals surface area contributed by atoms with Gasteiger partial charge in [-0.25, -0.2) is 15.0 Å². The molecule has 20 aromatic rings. The number of hydrogen-bond acceptors (Lipinski definition) is 8. The van der Waals surface area contributed by atoms with Gasteiger partial charge in [0.05, 0.1) is 44.3 Å². The molecule has 2 N–H and O–H groups in total. The maximum Gasteiger partial charge on any atom is 2.00 e. The minimum Gasteiger partial charge on any atom is -0.503 e. The molecule has 0 atom stereocenters. The third kappa shape index (κ3) is 11.3. The Balaban J connectivity index is 0.000000144. The Morgan fingerprint density at radius 1 is 0.360 bits per heavy atom. The molecule has 100 heavy (non-hydrogen) atoms. The maximum atomic E-state index is 9.00. The maximum absolute atomic E-state index is 9.00. The van der Waals surface area contributed by atoms with Gasteiger partial charge in [-0.2, -0.15) is 6.07 Å². The molecule has 486 valence electrons. The first-order chi connectivity index (χ1) is 48.1. The van der Waals surface area contributed by atoms with Crippen molar-refractivity contribution in [3.05, 3.63) is 291 Å². The van der Waals surface area contributed by atoms with Crippen LogP contribution in [0, 0.1) is 12.1 Å². The minimum atomic E-state index is -0.833. The molecule has 0 bridgehead atoms. The summed E-state index contributed by atoms with van der Waals surface area (Å²) >= 11 is 0. The number of carboxylic acids is 2. The van der Waals surface area contributed by atoms with Crippen LogP contribution in [0.2, 0.25) is 0 Å². The average Bonchev–Trinajstić information content (AvgIpc) is 1.41. The van der Waals surface area contributed by atoms with Crippen LogP contribution in [0.5, 0.6) is 23.0 Å². The smallest absolute Gasteiger partial charge is 0.503 e. The number of para-hydroxylation sites is 6. The van der Waals surface area contributed by atoms with Gasteiger partial charge >= 0.3 is 20.4 Å². The predicted octanol–water partition coefficient (Wildman–Crippen LogP) is 20.2. The third-order valence-corrected chi connectivity index (χ3v) is 17.7. The van der Waals surface area contributed by atoms with Crippen LogP contribution in [0.4, 0.5) is 0 Å². The van der Waals surface area contributed by atoms with Crippen molar-refractivity contribution in [2.75, 3.05) is 0 Å². The second-order valence-corrected chi connectivity index (χ2v) is 23.9. The van der Waals surface area contributed by atoms with Crippen molar-refractivity contribution >= 4 is 154 Å². The molecule has 0 saturated carbocycles. The second-order valence-electron chi connectivity index (χ2n) is 23.9. The van der Waals surface area contributed by atoms with Crippen LogP contribution in [-0.2, 0) is 50.4 Å². The normalized spacial score (nSPS) is 11.3.